The van der Waals surface area contributed by atoms with Gasteiger partial charge in [-0.2, -0.15) is 4.98 Å². The highest BCUT2D eigenvalue weighted by Gasteiger charge is 2.17. The molecule has 0 amide bonds. The number of anilines is 2. The number of nitrogens with zero attached hydrogens (tertiary/aromatic N) is 2. The number of nitrogens with one attached hydrogen (secondary N) is 1. The van der Waals surface area contributed by atoms with Crippen molar-refractivity contribution in [2.75, 3.05) is 37.8 Å². The Morgan fingerprint density at radius 3 is 2.83 bits per heavy atom. The fraction of sp³-hybridized carbons (Fsp3) is 0.615. The van der Waals surface area contributed by atoms with E-state index < -0.39 is 0 Å². The first-order valence-corrected chi connectivity index (χ1v) is 6.53. The van der Waals surface area contributed by atoms with Crippen LogP contribution >= 0.6 is 0 Å². The number of hydrogen-bond donors (Lipinski definition) is 2. The molecule has 0 radical (unpaired) electrons. The number of ether oxygens (including phenoxy) is 1. The second-order valence-electron chi connectivity index (χ2n) is 4.75. The minimum Gasteiger partial charge on any atom is -0.476 e. The van der Waals surface area contributed by atoms with Crippen molar-refractivity contribution < 1.29 is 4.74 Å². The molecule has 1 aromatic heterocycles. The van der Waals surface area contributed by atoms with Crippen molar-refractivity contribution in [3.63, 3.8) is 0 Å². The van der Waals surface area contributed by atoms with Gasteiger partial charge in [0.15, 0.2) is 0 Å². The summed E-state index contributed by atoms with van der Waals surface area (Å²) in [7, 11) is 2.16. The second kappa shape index (κ2) is 5.91. The normalized spacial score (nSPS) is 17.7. The number of aromatic nitrogens is 1. The van der Waals surface area contributed by atoms with Gasteiger partial charge in [0.25, 0.3) is 0 Å². The Kier molecular flexibility index (Phi) is 4.25. The molecule has 2 rings (SSSR count). The highest BCUT2D eigenvalue weighted by Crippen LogP contribution is 2.22. The lowest BCUT2D eigenvalue weighted by atomic mass is 10.1. The number of piperidine rings is 1. The summed E-state index contributed by atoms with van der Waals surface area (Å²) >= 11 is 0. The lowest BCUT2D eigenvalue weighted by Crippen LogP contribution is -2.36. The maximum absolute atomic E-state index is 5.80. The van der Waals surface area contributed by atoms with Crippen LogP contribution in [0.4, 0.5) is 11.5 Å². The van der Waals surface area contributed by atoms with Gasteiger partial charge in [-0.05, 0) is 52.0 Å². The topological polar surface area (TPSA) is 63.4 Å². The Bertz CT molecular complexity index is 389. The molecule has 3 N–H and O–H groups in total. The summed E-state index contributed by atoms with van der Waals surface area (Å²) in [5.41, 5.74) is 6.39. The molecule has 0 unspecified atom stereocenters. The standard InChI is InChI=1S/C13H22N4O/c1-3-18-13-11(14)4-5-12(16-13)15-10-6-8-17(2)9-7-10/h4-5,10H,3,6-9,14H2,1-2H3,(H,15,16). The van der Waals surface area contributed by atoms with Crippen molar-refractivity contribution in [3.05, 3.63) is 12.1 Å². The first-order valence-electron chi connectivity index (χ1n) is 6.53. The zero-order valence-corrected chi connectivity index (χ0v) is 11.1. The summed E-state index contributed by atoms with van der Waals surface area (Å²) in [5.74, 6) is 1.37. The maximum atomic E-state index is 5.80. The van der Waals surface area contributed by atoms with Gasteiger partial charge in [-0.15, -0.1) is 0 Å². The Morgan fingerprint density at radius 1 is 1.44 bits per heavy atom. The van der Waals surface area contributed by atoms with E-state index in [1.165, 1.54) is 0 Å². The van der Waals surface area contributed by atoms with Gasteiger partial charge in [-0.1, -0.05) is 0 Å². The number of pyridine rings is 1. The lowest BCUT2D eigenvalue weighted by molar-refractivity contribution is 0.263. The molecule has 1 fully saturated rings. The summed E-state index contributed by atoms with van der Waals surface area (Å²) in [4.78, 5) is 6.75. The molecule has 1 aliphatic heterocycles. The van der Waals surface area contributed by atoms with Crippen LogP contribution < -0.4 is 15.8 Å². The second-order valence-corrected chi connectivity index (χ2v) is 4.75. The van der Waals surface area contributed by atoms with Crippen molar-refractivity contribution >= 4 is 11.5 Å². The monoisotopic (exact) mass is 250 g/mol. The molecule has 0 bridgehead atoms. The predicted octanol–water partition coefficient (Wildman–Crippen LogP) is 1.57. The van der Waals surface area contributed by atoms with E-state index in [4.69, 9.17) is 10.5 Å². The van der Waals surface area contributed by atoms with Crippen molar-refractivity contribution in [2.24, 2.45) is 0 Å². The van der Waals surface area contributed by atoms with Gasteiger partial charge >= 0.3 is 0 Å². The van der Waals surface area contributed by atoms with Gasteiger partial charge in [0.2, 0.25) is 5.88 Å². The Morgan fingerprint density at radius 2 is 2.17 bits per heavy atom. The summed E-state index contributed by atoms with van der Waals surface area (Å²) in [6, 6.07) is 4.25. The number of nitrogens with two attached hydrogens (primary N) is 1. The first kappa shape index (κ1) is 13.0. The van der Waals surface area contributed by atoms with Gasteiger partial charge in [0.1, 0.15) is 5.82 Å². The molecule has 0 aliphatic carbocycles. The molecule has 0 saturated carbocycles. The quantitative estimate of drug-likeness (QED) is 0.849. The van der Waals surface area contributed by atoms with Crippen LogP contribution in [0.5, 0.6) is 5.88 Å². The van der Waals surface area contributed by atoms with Crippen molar-refractivity contribution in [1.82, 2.24) is 9.88 Å². The number of hydrogen-bond acceptors (Lipinski definition) is 5. The van der Waals surface area contributed by atoms with E-state index in [0.29, 0.717) is 24.2 Å². The largest absolute Gasteiger partial charge is 0.476 e. The molecule has 18 heavy (non-hydrogen) atoms. The summed E-state index contributed by atoms with van der Waals surface area (Å²) < 4.78 is 5.40. The van der Waals surface area contributed by atoms with Gasteiger partial charge in [-0.25, -0.2) is 0 Å². The average Bonchev–Trinajstić information content (AvgIpc) is 2.37. The Labute approximate surface area is 108 Å². The minimum absolute atomic E-state index is 0.492. The smallest absolute Gasteiger partial charge is 0.239 e. The molecule has 1 aliphatic rings. The fourth-order valence-corrected chi connectivity index (χ4v) is 2.15. The molecular formula is C13H22N4O. The molecule has 0 spiro atoms. The average molecular weight is 250 g/mol. The summed E-state index contributed by atoms with van der Waals surface area (Å²) in [6.07, 6.45) is 2.29. The van der Waals surface area contributed by atoms with E-state index in [1.807, 2.05) is 19.1 Å². The third-order valence-electron chi connectivity index (χ3n) is 3.24. The van der Waals surface area contributed by atoms with E-state index in [-0.39, 0.29) is 0 Å². The van der Waals surface area contributed by atoms with Crippen molar-refractivity contribution in [3.8, 4) is 5.88 Å². The zero-order chi connectivity index (χ0) is 13.0. The van der Waals surface area contributed by atoms with E-state index in [1.54, 1.807) is 0 Å². The molecule has 1 aromatic rings. The number of rotatable bonds is 4. The number of nitrogen functional groups attached to an aromatic ring is 1. The van der Waals surface area contributed by atoms with E-state index in [9.17, 15) is 0 Å². The van der Waals surface area contributed by atoms with Gasteiger partial charge < -0.3 is 20.7 Å². The highest BCUT2D eigenvalue weighted by atomic mass is 16.5. The third kappa shape index (κ3) is 3.26. The summed E-state index contributed by atoms with van der Waals surface area (Å²) in [6.45, 7) is 4.77. The van der Waals surface area contributed by atoms with Crippen LogP contribution in [0.1, 0.15) is 19.8 Å². The molecule has 5 heteroatoms. The molecule has 100 valence electrons. The molecule has 0 atom stereocenters. The van der Waals surface area contributed by atoms with Crippen LogP contribution in [0, 0.1) is 0 Å². The van der Waals surface area contributed by atoms with Crippen LogP contribution in [-0.2, 0) is 0 Å². The fourth-order valence-electron chi connectivity index (χ4n) is 2.15. The SMILES string of the molecule is CCOc1nc(NC2CCN(C)CC2)ccc1N. The Balaban J connectivity index is 1.98. The van der Waals surface area contributed by atoms with Gasteiger partial charge in [0, 0.05) is 6.04 Å². The predicted molar refractivity (Wildman–Crippen MR) is 74.0 cm³/mol. The van der Waals surface area contributed by atoms with Crippen LogP contribution in [0.3, 0.4) is 0 Å². The molecule has 2 heterocycles. The van der Waals surface area contributed by atoms with E-state index in [0.717, 1.165) is 31.7 Å². The lowest BCUT2D eigenvalue weighted by Gasteiger charge is -2.29. The number of likely N-dealkylation sites (tertiary alicyclic amines) is 1. The molecule has 5 nitrogen and oxygen atoms in total. The Hall–Kier alpha value is -1.49. The summed E-state index contributed by atoms with van der Waals surface area (Å²) in [5, 5.41) is 3.45. The zero-order valence-electron chi connectivity index (χ0n) is 11.1. The highest BCUT2D eigenvalue weighted by molar-refractivity contribution is 5.53. The molecule has 1 saturated heterocycles. The van der Waals surface area contributed by atoms with Crippen LogP contribution in [0.15, 0.2) is 12.1 Å². The molecule has 0 aromatic carbocycles. The van der Waals surface area contributed by atoms with Crippen LogP contribution in [-0.4, -0.2) is 42.7 Å². The first-order chi connectivity index (χ1) is 8.69. The van der Waals surface area contributed by atoms with E-state index >= 15 is 0 Å². The van der Waals surface area contributed by atoms with Gasteiger partial charge in [-0.3, -0.25) is 0 Å². The third-order valence-corrected chi connectivity index (χ3v) is 3.24. The van der Waals surface area contributed by atoms with Crippen molar-refractivity contribution in [2.45, 2.75) is 25.8 Å². The van der Waals surface area contributed by atoms with Gasteiger partial charge in [0.05, 0.1) is 12.3 Å². The molecular weight excluding hydrogens is 228 g/mol. The van der Waals surface area contributed by atoms with Crippen molar-refractivity contribution in [1.29, 1.82) is 0 Å². The van der Waals surface area contributed by atoms with Crippen LogP contribution in [0.25, 0.3) is 0 Å². The minimum atomic E-state index is 0.492. The van der Waals surface area contributed by atoms with E-state index in [2.05, 4.69) is 22.2 Å². The van der Waals surface area contributed by atoms with Crippen LogP contribution in [0.2, 0.25) is 0 Å². The maximum Gasteiger partial charge on any atom is 0.239 e.